The van der Waals surface area contributed by atoms with Crippen LogP contribution in [0.1, 0.15) is 99.0 Å². The number of carbonyl (C=O) groups excluding carboxylic acids is 3. The molecular weight excluding hydrogens is 438 g/mol. The van der Waals surface area contributed by atoms with E-state index in [0.717, 1.165) is 18.4 Å². The Labute approximate surface area is 208 Å². The summed E-state index contributed by atoms with van der Waals surface area (Å²) in [5, 5.41) is 2.29. The third kappa shape index (κ3) is 40.8. The van der Waals surface area contributed by atoms with Crippen LogP contribution in [0.15, 0.2) is 30.3 Å². The predicted octanol–water partition coefficient (Wildman–Crippen LogP) is 6.72. The normalized spacial score (nSPS) is 8.39. The molecule has 7 heteroatoms. The van der Waals surface area contributed by atoms with Crippen molar-refractivity contribution in [2.24, 2.45) is 0 Å². The van der Waals surface area contributed by atoms with Crippen LogP contribution in [0, 0.1) is 0 Å². The van der Waals surface area contributed by atoms with Gasteiger partial charge in [-0.15, -0.1) is 0 Å². The van der Waals surface area contributed by atoms with Crippen LogP contribution in [0.25, 0.3) is 0 Å². The molecule has 0 aliphatic carbocycles. The van der Waals surface area contributed by atoms with E-state index in [9.17, 15) is 14.4 Å². The maximum absolute atomic E-state index is 11.4. The van der Waals surface area contributed by atoms with E-state index < -0.39 is 5.97 Å². The quantitative estimate of drug-likeness (QED) is 0.166. The molecule has 0 saturated carbocycles. The van der Waals surface area contributed by atoms with Crippen LogP contribution < -0.4 is 5.32 Å². The van der Waals surface area contributed by atoms with E-state index in [1.54, 1.807) is 6.26 Å². The highest BCUT2D eigenvalue weighted by Crippen LogP contribution is 2.07. The number of amides is 1. The van der Waals surface area contributed by atoms with Crippen LogP contribution in [-0.4, -0.2) is 30.8 Å². The van der Waals surface area contributed by atoms with Crippen molar-refractivity contribution >= 4 is 30.5 Å². The van der Waals surface area contributed by atoms with Gasteiger partial charge in [0.2, 0.25) is 5.91 Å². The van der Waals surface area contributed by atoms with Gasteiger partial charge in [0.15, 0.2) is 6.73 Å². The molecule has 0 aliphatic rings. The SMILES string of the molecule is CC.CC(=O)NCOC(C)=O.CCC.CCCCCCCC(=O)OCc1ccccc1.CS. The summed E-state index contributed by atoms with van der Waals surface area (Å²) >= 11 is 3.53. The first-order chi connectivity index (χ1) is 15.9. The fraction of sp³-hybridized carbons (Fsp3) is 0.654. The number of esters is 2. The van der Waals surface area contributed by atoms with E-state index in [-0.39, 0.29) is 18.6 Å². The Kier molecular flexibility index (Phi) is 40.1. The Hall–Kier alpha value is -2.02. The van der Waals surface area contributed by atoms with Gasteiger partial charge in [-0.05, 0) is 18.2 Å². The molecule has 1 aromatic carbocycles. The highest BCUT2D eigenvalue weighted by molar-refractivity contribution is 7.79. The van der Waals surface area contributed by atoms with Gasteiger partial charge in [-0.2, -0.15) is 12.6 Å². The third-order valence-electron chi connectivity index (χ3n) is 3.32. The van der Waals surface area contributed by atoms with Crippen molar-refractivity contribution in [3.05, 3.63) is 35.9 Å². The van der Waals surface area contributed by atoms with Gasteiger partial charge in [-0.3, -0.25) is 14.4 Å². The Morgan fingerprint density at radius 2 is 1.36 bits per heavy atom. The number of rotatable bonds is 10. The summed E-state index contributed by atoms with van der Waals surface area (Å²) in [5.41, 5.74) is 1.05. The van der Waals surface area contributed by atoms with Gasteiger partial charge in [0.25, 0.3) is 0 Å². The number of hydrogen-bond acceptors (Lipinski definition) is 6. The summed E-state index contributed by atoms with van der Waals surface area (Å²) < 4.78 is 9.58. The minimum atomic E-state index is -0.399. The summed E-state index contributed by atoms with van der Waals surface area (Å²) in [4.78, 5) is 31.6. The van der Waals surface area contributed by atoms with E-state index in [0.29, 0.717) is 13.0 Å². The first-order valence-electron chi connectivity index (χ1n) is 11.9. The lowest BCUT2D eigenvalue weighted by Gasteiger charge is -2.04. The average Bonchev–Trinajstić information content (AvgIpc) is 2.81. The van der Waals surface area contributed by atoms with Crippen molar-refractivity contribution in [1.82, 2.24) is 5.32 Å². The first kappa shape index (κ1) is 38.3. The van der Waals surface area contributed by atoms with Gasteiger partial charge in [-0.25, -0.2) is 0 Å². The van der Waals surface area contributed by atoms with Crippen molar-refractivity contribution < 1.29 is 23.9 Å². The maximum atomic E-state index is 11.4. The van der Waals surface area contributed by atoms with Crippen molar-refractivity contribution in [2.75, 3.05) is 13.0 Å². The van der Waals surface area contributed by atoms with Crippen LogP contribution in [0.2, 0.25) is 0 Å². The molecule has 0 spiro atoms. The van der Waals surface area contributed by atoms with E-state index >= 15 is 0 Å². The van der Waals surface area contributed by atoms with Crippen LogP contribution in [0.5, 0.6) is 0 Å². The molecule has 194 valence electrons. The van der Waals surface area contributed by atoms with Crippen molar-refractivity contribution in [2.45, 2.75) is 100 Å². The average molecular weight is 488 g/mol. The number of nitrogens with one attached hydrogen (secondary N) is 1. The summed E-state index contributed by atoms with van der Waals surface area (Å²) in [6.45, 7) is 13.4. The second kappa shape index (κ2) is 34.6. The topological polar surface area (TPSA) is 81.7 Å². The zero-order chi connectivity index (χ0) is 26.3. The fourth-order valence-electron chi connectivity index (χ4n) is 1.92. The van der Waals surface area contributed by atoms with E-state index in [1.807, 2.05) is 44.2 Å². The monoisotopic (exact) mass is 487 g/mol. The lowest BCUT2D eigenvalue weighted by molar-refractivity contribution is -0.145. The number of hydrogen-bond donors (Lipinski definition) is 2. The van der Waals surface area contributed by atoms with E-state index in [1.165, 1.54) is 39.5 Å². The van der Waals surface area contributed by atoms with Crippen LogP contribution in [0.4, 0.5) is 0 Å². The number of unbranched alkanes of at least 4 members (excludes halogenated alkanes) is 4. The maximum Gasteiger partial charge on any atom is 0.306 e. The zero-order valence-corrected chi connectivity index (χ0v) is 23.1. The lowest BCUT2D eigenvalue weighted by Crippen LogP contribution is -2.24. The van der Waals surface area contributed by atoms with Crippen molar-refractivity contribution in [3.8, 4) is 0 Å². The molecule has 0 aromatic heterocycles. The van der Waals surface area contributed by atoms with Crippen molar-refractivity contribution in [1.29, 1.82) is 0 Å². The minimum absolute atomic E-state index is 0.0370. The second-order valence-electron chi connectivity index (χ2n) is 6.53. The van der Waals surface area contributed by atoms with Gasteiger partial charge >= 0.3 is 11.9 Å². The molecule has 0 radical (unpaired) electrons. The molecule has 0 atom stereocenters. The van der Waals surface area contributed by atoms with E-state index in [4.69, 9.17) is 4.74 Å². The summed E-state index contributed by atoms with van der Waals surface area (Å²) in [5.74, 6) is -0.689. The Morgan fingerprint density at radius 1 is 0.848 bits per heavy atom. The molecular formula is C26H49NO5S. The van der Waals surface area contributed by atoms with Gasteiger partial charge in [-0.1, -0.05) is 97.1 Å². The van der Waals surface area contributed by atoms with Gasteiger partial charge in [0, 0.05) is 20.3 Å². The van der Waals surface area contributed by atoms with Gasteiger partial charge < -0.3 is 14.8 Å². The second-order valence-corrected chi connectivity index (χ2v) is 6.53. The number of ether oxygens (including phenoxy) is 2. The summed E-state index contributed by atoms with van der Waals surface area (Å²) in [6.07, 6.45) is 9.30. The molecule has 0 bridgehead atoms. The fourth-order valence-corrected chi connectivity index (χ4v) is 1.92. The molecule has 33 heavy (non-hydrogen) atoms. The molecule has 1 amide bonds. The lowest BCUT2D eigenvalue weighted by atomic mass is 10.1. The molecule has 0 fully saturated rings. The molecule has 1 aromatic rings. The number of thiol groups is 1. The highest BCUT2D eigenvalue weighted by atomic mass is 32.1. The summed E-state index contributed by atoms with van der Waals surface area (Å²) in [7, 11) is 0. The Bertz CT molecular complexity index is 525. The number of carbonyl (C=O) groups is 3. The van der Waals surface area contributed by atoms with Crippen molar-refractivity contribution in [3.63, 3.8) is 0 Å². The molecule has 0 heterocycles. The molecule has 0 unspecified atom stereocenters. The molecule has 1 N–H and O–H groups in total. The predicted molar refractivity (Wildman–Crippen MR) is 142 cm³/mol. The van der Waals surface area contributed by atoms with Gasteiger partial charge in [0.05, 0.1) is 0 Å². The van der Waals surface area contributed by atoms with Crippen LogP contribution in [0.3, 0.4) is 0 Å². The molecule has 1 rings (SSSR count). The molecule has 0 saturated heterocycles. The van der Waals surface area contributed by atoms with E-state index in [2.05, 4.69) is 43.5 Å². The van der Waals surface area contributed by atoms with Gasteiger partial charge in [0.1, 0.15) is 6.61 Å². The smallest absolute Gasteiger partial charge is 0.306 e. The third-order valence-corrected chi connectivity index (χ3v) is 3.32. The highest BCUT2D eigenvalue weighted by Gasteiger charge is 2.02. The molecule has 6 nitrogen and oxygen atoms in total. The van der Waals surface area contributed by atoms with Crippen LogP contribution in [-0.2, 0) is 30.5 Å². The Morgan fingerprint density at radius 3 is 1.82 bits per heavy atom. The summed E-state index contributed by atoms with van der Waals surface area (Å²) in [6, 6.07) is 9.80. The Balaban J connectivity index is -0.000000221. The first-order valence-corrected chi connectivity index (χ1v) is 12.8. The zero-order valence-electron chi connectivity index (χ0n) is 22.2. The largest absolute Gasteiger partial charge is 0.461 e. The minimum Gasteiger partial charge on any atom is -0.461 e. The number of benzene rings is 1. The standard InChI is InChI=1S/C15H22O2.C5H9NO3.C3H8.C2H6.CH4S/c1-2-3-4-5-9-12-15(16)17-13-14-10-7-6-8-11-14;1-4(7)6-3-9-5(2)8;1-3-2;2*1-2/h6-8,10-11H,2-5,9,12-13H2,1H3;3H2,1-2H3,(H,6,7);3H2,1-2H3;1-2H3;2H,1H3. The van der Waals surface area contributed by atoms with Crippen LogP contribution >= 0.6 is 12.6 Å². The molecule has 0 aliphatic heterocycles.